The van der Waals surface area contributed by atoms with Crippen LogP contribution in [0.3, 0.4) is 0 Å². The van der Waals surface area contributed by atoms with Gasteiger partial charge in [-0.2, -0.15) is 0 Å². The molecule has 0 aromatic heterocycles. The number of piperazine rings is 1. The molecule has 0 radical (unpaired) electrons. The second kappa shape index (κ2) is 9.61. The van der Waals surface area contributed by atoms with Gasteiger partial charge in [0.2, 0.25) is 5.91 Å². The van der Waals surface area contributed by atoms with Gasteiger partial charge in [0, 0.05) is 45.0 Å². The molecule has 0 saturated carbocycles. The van der Waals surface area contributed by atoms with Crippen molar-refractivity contribution in [1.82, 2.24) is 9.80 Å². The summed E-state index contributed by atoms with van der Waals surface area (Å²) < 4.78 is 13.2. The number of hydrogen-bond donors (Lipinski definition) is 0. The van der Waals surface area contributed by atoms with E-state index in [0.717, 1.165) is 64.2 Å². The van der Waals surface area contributed by atoms with Gasteiger partial charge < -0.3 is 9.80 Å². The minimum atomic E-state index is -0.204. The third-order valence-corrected chi connectivity index (χ3v) is 6.70. The molecule has 4 rings (SSSR count). The first-order chi connectivity index (χ1) is 14.6. The quantitative estimate of drug-likeness (QED) is 0.751. The first-order valence-corrected chi connectivity index (χ1v) is 11.2. The highest BCUT2D eigenvalue weighted by atomic mass is 19.1. The molecule has 2 heterocycles. The Bertz CT molecular complexity index is 810. The van der Waals surface area contributed by atoms with Gasteiger partial charge in [-0.15, -0.1) is 0 Å². The minimum Gasteiger partial charge on any atom is -0.369 e. The number of amides is 1. The highest BCUT2D eigenvalue weighted by molar-refractivity contribution is 5.81. The van der Waals surface area contributed by atoms with Gasteiger partial charge in [-0.05, 0) is 61.9 Å². The minimum absolute atomic E-state index is 0.0777. The molecular formula is C25H32FN3O. The van der Waals surface area contributed by atoms with Crippen LogP contribution >= 0.6 is 0 Å². The highest BCUT2D eigenvalue weighted by Crippen LogP contribution is 2.23. The van der Waals surface area contributed by atoms with E-state index in [9.17, 15) is 9.18 Å². The second-order valence-electron chi connectivity index (χ2n) is 8.63. The van der Waals surface area contributed by atoms with Crippen LogP contribution in [0.4, 0.5) is 10.1 Å². The molecular weight excluding hydrogens is 377 g/mol. The molecule has 160 valence electrons. The lowest BCUT2D eigenvalue weighted by molar-refractivity contribution is -0.138. The number of hydrogen-bond acceptors (Lipinski definition) is 3. The second-order valence-corrected chi connectivity index (χ2v) is 8.63. The van der Waals surface area contributed by atoms with E-state index in [1.165, 1.54) is 17.7 Å². The number of nitrogens with zero attached hydrogens (tertiary/aromatic N) is 3. The molecule has 4 nitrogen and oxygen atoms in total. The number of piperidine rings is 1. The standard InChI is InChI=1S/C25H32FN3O/c1-20(27-15-17-28(18-16-27)24-9-7-23(26)8-10-24)25(30)29-13-11-22(12-14-29)19-21-5-3-2-4-6-21/h2-10,20,22H,11-19H2,1H3/t20-/m0/s1. The Kier molecular flexibility index (Phi) is 6.68. The van der Waals surface area contributed by atoms with E-state index in [1.54, 1.807) is 0 Å². The van der Waals surface area contributed by atoms with Gasteiger partial charge in [-0.3, -0.25) is 9.69 Å². The molecule has 0 N–H and O–H groups in total. The van der Waals surface area contributed by atoms with Crippen LogP contribution in [0.2, 0.25) is 0 Å². The summed E-state index contributed by atoms with van der Waals surface area (Å²) in [6.07, 6.45) is 3.29. The summed E-state index contributed by atoms with van der Waals surface area (Å²) in [6.45, 7) is 7.23. The van der Waals surface area contributed by atoms with Gasteiger partial charge in [-0.25, -0.2) is 4.39 Å². The van der Waals surface area contributed by atoms with Crippen LogP contribution in [0.5, 0.6) is 0 Å². The van der Waals surface area contributed by atoms with Crippen molar-refractivity contribution in [2.75, 3.05) is 44.2 Å². The SMILES string of the molecule is C[C@@H](C(=O)N1CCC(Cc2ccccc2)CC1)N1CCN(c2ccc(F)cc2)CC1. The Morgan fingerprint density at radius 3 is 2.20 bits per heavy atom. The number of likely N-dealkylation sites (tertiary alicyclic amines) is 1. The highest BCUT2D eigenvalue weighted by Gasteiger charge is 2.31. The smallest absolute Gasteiger partial charge is 0.239 e. The number of halogens is 1. The lowest BCUT2D eigenvalue weighted by atomic mass is 9.90. The Labute approximate surface area is 179 Å². The van der Waals surface area contributed by atoms with Crippen LogP contribution in [0.25, 0.3) is 0 Å². The van der Waals surface area contributed by atoms with Gasteiger partial charge >= 0.3 is 0 Å². The van der Waals surface area contributed by atoms with E-state index in [4.69, 9.17) is 0 Å². The molecule has 1 amide bonds. The van der Waals surface area contributed by atoms with Crippen molar-refractivity contribution < 1.29 is 9.18 Å². The monoisotopic (exact) mass is 409 g/mol. The summed E-state index contributed by atoms with van der Waals surface area (Å²) in [5, 5.41) is 0. The molecule has 1 atom stereocenters. The molecule has 0 aliphatic carbocycles. The number of anilines is 1. The molecule has 0 spiro atoms. The molecule has 2 aromatic rings. The van der Waals surface area contributed by atoms with Gasteiger partial charge in [0.1, 0.15) is 5.82 Å². The van der Waals surface area contributed by atoms with Gasteiger partial charge in [0.25, 0.3) is 0 Å². The first kappa shape index (κ1) is 20.9. The van der Waals surface area contributed by atoms with Crippen molar-refractivity contribution in [3.63, 3.8) is 0 Å². The van der Waals surface area contributed by atoms with E-state index < -0.39 is 0 Å². The van der Waals surface area contributed by atoms with E-state index >= 15 is 0 Å². The van der Waals surface area contributed by atoms with Crippen molar-refractivity contribution in [2.45, 2.75) is 32.2 Å². The number of carbonyl (C=O) groups excluding carboxylic acids is 1. The maximum atomic E-state index is 13.2. The van der Waals surface area contributed by atoms with Crippen LogP contribution in [0.15, 0.2) is 54.6 Å². The molecule has 30 heavy (non-hydrogen) atoms. The van der Waals surface area contributed by atoms with Crippen LogP contribution in [0.1, 0.15) is 25.3 Å². The third kappa shape index (κ3) is 5.01. The maximum absolute atomic E-state index is 13.2. The molecule has 0 bridgehead atoms. The lowest BCUT2D eigenvalue weighted by Crippen LogP contribution is -2.55. The van der Waals surface area contributed by atoms with Gasteiger partial charge in [0.15, 0.2) is 0 Å². The zero-order chi connectivity index (χ0) is 20.9. The Morgan fingerprint density at radius 2 is 1.57 bits per heavy atom. The van der Waals surface area contributed by atoms with E-state index in [1.807, 2.05) is 19.1 Å². The predicted octanol–water partition coefficient (Wildman–Crippen LogP) is 3.82. The topological polar surface area (TPSA) is 26.8 Å². The van der Waals surface area contributed by atoms with Gasteiger partial charge in [0.05, 0.1) is 6.04 Å². The molecule has 2 aliphatic rings. The summed E-state index contributed by atoms with van der Waals surface area (Å²) in [5.41, 5.74) is 2.45. The first-order valence-electron chi connectivity index (χ1n) is 11.2. The Hall–Kier alpha value is -2.40. The van der Waals surface area contributed by atoms with Crippen molar-refractivity contribution in [3.8, 4) is 0 Å². The molecule has 0 unspecified atom stereocenters. The molecule has 2 fully saturated rings. The zero-order valence-corrected chi connectivity index (χ0v) is 17.8. The zero-order valence-electron chi connectivity index (χ0n) is 17.8. The maximum Gasteiger partial charge on any atom is 0.239 e. The number of benzene rings is 2. The number of carbonyl (C=O) groups is 1. The largest absolute Gasteiger partial charge is 0.369 e. The van der Waals surface area contributed by atoms with Crippen molar-refractivity contribution >= 4 is 11.6 Å². The fourth-order valence-corrected chi connectivity index (χ4v) is 4.74. The summed E-state index contributed by atoms with van der Waals surface area (Å²) in [6, 6.07) is 17.3. The molecule has 2 aromatic carbocycles. The van der Waals surface area contributed by atoms with E-state index in [2.05, 4.69) is 45.0 Å². The lowest BCUT2D eigenvalue weighted by Gasteiger charge is -2.41. The van der Waals surface area contributed by atoms with Crippen LogP contribution < -0.4 is 4.90 Å². The predicted molar refractivity (Wildman–Crippen MR) is 119 cm³/mol. The van der Waals surface area contributed by atoms with E-state index in [-0.39, 0.29) is 17.8 Å². The molecule has 2 saturated heterocycles. The van der Waals surface area contributed by atoms with Crippen molar-refractivity contribution in [2.24, 2.45) is 5.92 Å². The molecule has 5 heteroatoms. The van der Waals surface area contributed by atoms with Crippen LogP contribution in [-0.2, 0) is 11.2 Å². The Balaban J connectivity index is 1.24. The number of rotatable bonds is 5. The van der Waals surface area contributed by atoms with Gasteiger partial charge in [-0.1, -0.05) is 30.3 Å². The van der Waals surface area contributed by atoms with Crippen LogP contribution in [0, 0.1) is 11.7 Å². The van der Waals surface area contributed by atoms with Crippen molar-refractivity contribution in [1.29, 1.82) is 0 Å². The summed E-state index contributed by atoms with van der Waals surface area (Å²) >= 11 is 0. The average Bonchev–Trinajstić information content (AvgIpc) is 2.80. The Morgan fingerprint density at radius 1 is 0.933 bits per heavy atom. The summed E-state index contributed by atoms with van der Waals surface area (Å²) in [7, 11) is 0. The summed E-state index contributed by atoms with van der Waals surface area (Å²) in [4.78, 5) is 19.7. The third-order valence-electron chi connectivity index (χ3n) is 6.70. The van der Waals surface area contributed by atoms with E-state index in [0.29, 0.717) is 5.92 Å². The molecule has 2 aliphatic heterocycles. The fraction of sp³-hybridized carbons (Fsp3) is 0.480. The fourth-order valence-electron chi connectivity index (χ4n) is 4.74. The normalized spacial score (nSPS) is 19.7. The average molecular weight is 410 g/mol. The van der Waals surface area contributed by atoms with Crippen LogP contribution in [-0.4, -0.2) is 61.0 Å². The van der Waals surface area contributed by atoms with Crippen molar-refractivity contribution in [3.05, 3.63) is 66.0 Å². The summed E-state index contributed by atoms with van der Waals surface area (Å²) in [5.74, 6) is 0.735.